The van der Waals surface area contributed by atoms with E-state index in [4.69, 9.17) is 26.6 Å². The minimum Gasteiger partial charge on any atom is -0.372 e. The highest BCUT2D eigenvalue weighted by Gasteiger charge is 2.33. The number of sulfone groups is 1. The summed E-state index contributed by atoms with van der Waals surface area (Å²) in [5.74, 6) is -1.00. The molecule has 2 aliphatic heterocycles. The molecule has 0 saturated carbocycles. The van der Waals surface area contributed by atoms with E-state index in [9.17, 15) is 8.42 Å². The van der Waals surface area contributed by atoms with Crippen molar-refractivity contribution in [2.45, 2.75) is 36.9 Å². The molecule has 3 aromatic rings. The number of ether oxygens (including phenoxy) is 1. The molecule has 192 valence electrons. The summed E-state index contributed by atoms with van der Waals surface area (Å²) in [5.41, 5.74) is 7.06. The molecule has 1 atom stereocenters. The predicted molar refractivity (Wildman–Crippen MR) is 134 cm³/mol. The van der Waals surface area contributed by atoms with Crippen LogP contribution in [0.3, 0.4) is 0 Å². The molecule has 0 radical (unpaired) electrons. The van der Waals surface area contributed by atoms with E-state index >= 15 is 4.39 Å². The number of nitrogens with zero attached hydrogens (tertiary/aromatic N) is 4. The summed E-state index contributed by atoms with van der Waals surface area (Å²) in [4.78, 5) is 8.03. The van der Waals surface area contributed by atoms with Crippen LogP contribution in [-0.4, -0.2) is 62.2 Å². The third-order valence-electron chi connectivity index (χ3n) is 6.25. The predicted octanol–water partition coefficient (Wildman–Crippen LogP) is 3.27. The van der Waals surface area contributed by atoms with Gasteiger partial charge in [0.05, 0.1) is 40.7 Å². The van der Waals surface area contributed by atoms with E-state index < -0.39 is 27.3 Å². The molecule has 1 aromatic heterocycles. The average Bonchev–Trinajstić information content (AvgIpc) is 3.26. The SMILES string of the molecule is CC1(C)CN(c2nc(-c3cc4c(cc3F)S(=O)(=O)C[C@H](N)CN4Cc3ccc(Cl)cc3)no2)CCO1. The Kier molecular flexibility index (Phi) is 6.44. The van der Waals surface area contributed by atoms with Crippen LogP contribution >= 0.6 is 11.6 Å². The third-order valence-corrected chi connectivity index (χ3v) is 8.37. The normalized spacial score (nSPS) is 21.2. The van der Waals surface area contributed by atoms with E-state index in [0.29, 0.717) is 37.0 Å². The third kappa shape index (κ3) is 5.06. The summed E-state index contributed by atoms with van der Waals surface area (Å²) in [7, 11) is -3.82. The Labute approximate surface area is 213 Å². The molecule has 2 aliphatic rings. The molecule has 0 amide bonds. The van der Waals surface area contributed by atoms with Gasteiger partial charge in [-0.1, -0.05) is 28.9 Å². The Morgan fingerprint density at radius 3 is 2.72 bits per heavy atom. The van der Waals surface area contributed by atoms with Crippen LogP contribution in [0.25, 0.3) is 11.4 Å². The van der Waals surface area contributed by atoms with Gasteiger partial charge in [0.25, 0.3) is 0 Å². The Morgan fingerprint density at radius 1 is 1.25 bits per heavy atom. The minimum atomic E-state index is -3.82. The number of halogens is 2. The van der Waals surface area contributed by atoms with E-state index in [1.165, 1.54) is 6.07 Å². The highest BCUT2D eigenvalue weighted by Crippen LogP contribution is 2.36. The van der Waals surface area contributed by atoms with Crippen molar-refractivity contribution < 1.29 is 22.1 Å². The molecule has 0 aliphatic carbocycles. The first-order chi connectivity index (χ1) is 17.0. The summed E-state index contributed by atoms with van der Waals surface area (Å²) < 4.78 is 52.6. The molecule has 1 saturated heterocycles. The number of hydrogen-bond acceptors (Lipinski definition) is 9. The van der Waals surface area contributed by atoms with Gasteiger partial charge in [0.2, 0.25) is 5.82 Å². The first kappa shape index (κ1) is 24.9. The molecular weight excluding hydrogens is 509 g/mol. The van der Waals surface area contributed by atoms with Crippen LogP contribution in [0.5, 0.6) is 0 Å². The van der Waals surface area contributed by atoms with E-state index in [1.54, 1.807) is 12.1 Å². The molecule has 0 bridgehead atoms. The molecule has 0 unspecified atom stereocenters. The Balaban J connectivity index is 1.54. The first-order valence-electron chi connectivity index (χ1n) is 11.5. The molecule has 36 heavy (non-hydrogen) atoms. The van der Waals surface area contributed by atoms with Crippen LogP contribution in [0.15, 0.2) is 45.8 Å². The number of aromatic nitrogens is 2. The van der Waals surface area contributed by atoms with E-state index in [2.05, 4.69) is 10.1 Å². The summed E-state index contributed by atoms with van der Waals surface area (Å²) in [6.45, 7) is 6.13. The van der Waals surface area contributed by atoms with Crippen LogP contribution in [0, 0.1) is 5.82 Å². The number of hydrogen-bond donors (Lipinski definition) is 1. The van der Waals surface area contributed by atoms with Gasteiger partial charge in [-0.2, -0.15) is 4.98 Å². The molecule has 9 nitrogen and oxygen atoms in total. The van der Waals surface area contributed by atoms with Crippen molar-refractivity contribution in [3.05, 3.63) is 52.8 Å². The van der Waals surface area contributed by atoms with Gasteiger partial charge in [0.15, 0.2) is 9.84 Å². The summed E-state index contributed by atoms with van der Waals surface area (Å²) in [6.07, 6.45) is 0. The van der Waals surface area contributed by atoms with Gasteiger partial charge in [0, 0.05) is 30.7 Å². The fourth-order valence-electron chi connectivity index (χ4n) is 4.61. The number of morpholine rings is 1. The van der Waals surface area contributed by atoms with Gasteiger partial charge in [-0.3, -0.25) is 0 Å². The van der Waals surface area contributed by atoms with Gasteiger partial charge < -0.3 is 24.8 Å². The topological polar surface area (TPSA) is 115 Å². The van der Waals surface area contributed by atoms with Gasteiger partial charge in [-0.25, -0.2) is 12.8 Å². The monoisotopic (exact) mass is 535 g/mol. The number of rotatable bonds is 4. The molecule has 3 heterocycles. The van der Waals surface area contributed by atoms with Gasteiger partial charge in [-0.15, -0.1) is 0 Å². The van der Waals surface area contributed by atoms with Crippen LogP contribution in [0.1, 0.15) is 19.4 Å². The van der Waals surface area contributed by atoms with Crippen molar-refractivity contribution in [1.29, 1.82) is 0 Å². The van der Waals surface area contributed by atoms with E-state index in [-0.39, 0.29) is 34.6 Å². The smallest absolute Gasteiger partial charge is 0.324 e. The molecular formula is C24H27ClFN5O4S. The van der Waals surface area contributed by atoms with Crippen molar-refractivity contribution in [3.8, 4) is 11.4 Å². The van der Waals surface area contributed by atoms with Gasteiger partial charge >= 0.3 is 6.01 Å². The second kappa shape index (κ2) is 9.29. The van der Waals surface area contributed by atoms with Crippen molar-refractivity contribution in [2.75, 3.05) is 41.8 Å². The van der Waals surface area contributed by atoms with Gasteiger partial charge in [-0.05, 0) is 43.7 Å². The maximum absolute atomic E-state index is 15.3. The molecule has 1 fully saturated rings. The maximum Gasteiger partial charge on any atom is 0.324 e. The number of nitrogens with two attached hydrogens (primary N) is 1. The quantitative estimate of drug-likeness (QED) is 0.537. The summed E-state index contributed by atoms with van der Waals surface area (Å²) >= 11 is 6.01. The zero-order chi connectivity index (χ0) is 25.7. The van der Waals surface area contributed by atoms with E-state index in [0.717, 1.165) is 11.6 Å². The zero-order valence-corrected chi connectivity index (χ0v) is 21.5. The standard InChI is InChI=1S/C24H27ClFN5O4S/c1-24(2)14-30(7-8-34-24)23-28-22(29-35-23)18-9-20-21(10-19(18)26)36(32,33)13-17(27)12-31(20)11-15-3-5-16(25)6-4-15/h3-6,9-10,17H,7-8,11-14,27H2,1-2H3/t17-/m1/s1. The molecule has 2 N–H and O–H groups in total. The zero-order valence-electron chi connectivity index (χ0n) is 19.9. The average molecular weight is 536 g/mol. The number of benzene rings is 2. The Morgan fingerprint density at radius 2 is 2.00 bits per heavy atom. The van der Waals surface area contributed by atoms with Crippen molar-refractivity contribution in [2.24, 2.45) is 5.73 Å². The van der Waals surface area contributed by atoms with Crippen molar-refractivity contribution in [3.63, 3.8) is 0 Å². The molecule has 5 rings (SSSR count). The van der Waals surface area contributed by atoms with Crippen molar-refractivity contribution in [1.82, 2.24) is 10.1 Å². The highest BCUT2D eigenvalue weighted by atomic mass is 35.5. The van der Waals surface area contributed by atoms with Crippen LogP contribution in [-0.2, 0) is 21.1 Å². The Hall–Kier alpha value is -2.73. The molecule has 2 aromatic carbocycles. The first-order valence-corrected chi connectivity index (χ1v) is 13.6. The summed E-state index contributed by atoms with van der Waals surface area (Å²) in [6, 6.07) is 9.33. The lowest BCUT2D eigenvalue weighted by atomic mass is 10.1. The van der Waals surface area contributed by atoms with Crippen LogP contribution < -0.4 is 15.5 Å². The summed E-state index contributed by atoms with van der Waals surface area (Å²) in [5, 5.41) is 4.59. The highest BCUT2D eigenvalue weighted by molar-refractivity contribution is 7.91. The van der Waals surface area contributed by atoms with Gasteiger partial charge in [0.1, 0.15) is 5.82 Å². The molecule has 0 spiro atoms. The Bertz CT molecular complexity index is 1380. The fraction of sp³-hybridized carbons (Fsp3) is 0.417. The largest absolute Gasteiger partial charge is 0.372 e. The molecule has 12 heteroatoms. The number of fused-ring (bicyclic) bond motifs is 1. The lowest BCUT2D eigenvalue weighted by Gasteiger charge is -2.36. The van der Waals surface area contributed by atoms with Crippen LogP contribution in [0.4, 0.5) is 16.1 Å². The lowest BCUT2D eigenvalue weighted by Crippen LogP contribution is -2.48. The number of anilines is 2. The second-order valence-electron chi connectivity index (χ2n) is 9.78. The van der Waals surface area contributed by atoms with Crippen LogP contribution in [0.2, 0.25) is 5.02 Å². The minimum absolute atomic E-state index is 0.0342. The second-order valence-corrected chi connectivity index (χ2v) is 12.2. The maximum atomic E-state index is 15.3. The van der Waals surface area contributed by atoms with E-state index in [1.807, 2.05) is 35.8 Å². The fourth-order valence-corrected chi connectivity index (χ4v) is 6.37. The van der Waals surface area contributed by atoms with Crippen molar-refractivity contribution >= 4 is 33.1 Å². The lowest BCUT2D eigenvalue weighted by molar-refractivity contribution is -0.0292.